The lowest BCUT2D eigenvalue weighted by Crippen LogP contribution is -2.41. The number of nitrogens with zero attached hydrogens (tertiary/aromatic N) is 1. The molecule has 3 unspecified atom stereocenters. The van der Waals surface area contributed by atoms with Crippen LogP contribution in [0.5, 0.6) is 0 Å². The van der Waals surface area contributed by atoms with Crippen LogP contribution in [0.2, 0.25) is 0 Å². The normalized spacial score (nSPS) is 14.2. The summed E-state index contributed by atoms with van der Waals surface area (Å²) in [6, 6.07) is -0.683. The van der Waals surface area contributed by atoms with E-state index >= 15 is 0 Å². The Hall–Kier alpha value is -1.75. The van der Waals surface area contributed by atoms with Gasteiger partial charge in [0.15, 0.2) is 0 Å². The Morgan fingerprint density at radius 1 is 0.929 bits per heavy atom. The molecule has 0 saturated heterocycles. The van der Waals surface area contributed by atoms with Crippen molar-refractivity contribution in [3.8, 4) is 0 Å². The lowest BCUT2D eigenvalue weighted by Gasteiger charge is -2.27. The molecule has 28 heavy (non-hydrogen) atoms. The van der Waals surface area contributed by atoms with Crippen molar-refractivity contribution < 1.29 is 38.8 Å². The van der Waals surface area contributed by atoms with Crippen LogP contribution in [0, 0.1) is 0 Å². The highest BCUT2D eigenvalue weighted by molar-refractivity contribution is 5.75. The number of ether oxygens (including phenoxy) is 3. The van der Waals surface area contributed by atoms with Crippen molar-refractivity contribution in [3.05, 3.63) is 0 Å². The Labute approximate surface area is 165 Å². The van der Waals surface area contributed by atoms with E-state index in [1.807, 2.05) is 0 Å². The lowest BCUT2D eigenvalue weighted by atomic mass is 10.1. The van der Waals surface area contributed by atoms with Gasteiger partial charge in [0.25, 0.3) is 0 Å². The van der Waals surface area contributed by atoms with Crippen LogP contribution in [0.15, 0.2) is 0 Å². The Balaban J connectivity index is 4.47. The monoisotopic (exact) mass is 406 g/mol. The summed E-state index contributed by atoms with van der Waals surface area (Å²) < 4.78 is 14.4. The maximum atomic E-state index is 11.5. The fraction of sp³-hybridized carbons (Fsp3) is 0.833. The Morgan fingerprint density at radius 2 is 1.43 bits per heavy atom. The van der Waals surface area contributed by atoms with Crippen molar-refractivity contribution in [1.82, 2.24) is 4.90 Å². The van der Waals surface area contributed by atoms with Crippen molar-refractivity contribution in [2.75, 3.05) is 39.5 Å². The first-order chi connectivity index (χ1) is 13.1. The molecule has 0 bridgehead atoms. The predicted molar refractivity (Wildman–Crippen MR) is 100 cm³/mol. The van der Waals surface area contributed by atoms with E-state index in [4.69, 9.17) is 19.9 Å². The van der Waals surface area contributed by atoms with Crippen LogP contribution in [-0.4, -0.2) is 90.7 Å². The third-order valence-electron chi connectivity index (χ3n) is 3.72. The highest BCUT2D eigenvalue weighted by Crippen LogP contribution is 2.06. The lowest BCUT2D eigenvalue weighted by molar-refractivity contribution is -0.146. The molecule has 10 nitrogen and oxygen atoms in total. The predicted octanol–water partition coefficient (Wildman–Crippen LogP) is -0.803. The molecule has 4 N–H and O–H groups in total. The summed E-state index contributed by atoms with van der Waals surface area (Å²) in [5.41, 5.74) is 5.75. The molecule has 0 aliphatic carbocycles. The van der Waals surface area contributed by atoms with Crippen LogP contribution in [-0.2, 0) is 28.6 Å². The van der Waals surface area contributed by atoms with Gasteiger partial charge in [-0.05, 0) is 26.3 Å². The van der Waals surface area contributed by atoms with Crippen LogP contribution >= 0.6 is 0 Å². The average Bonchev–Trinajstić information content (AvgIpc) is 2.61. The molecule has 0 heterocycles. The minimum absolute atomic E-state index is 0.153. The van der Waals surface area contributed by atoms with Crippen molar-refractivity contribution >= 4 is 17.9 Å². The molecule has 0 aliphatic rings. The van der Waals surface area contributed by atoms with Gasteiger partial charge in [-0.3, -0.25) is 19.3 Å². The summed E-state index contributed by atoms with van der Waals surface area (Å²) in [5, 5.41) is 20.0. The standard InChI is InChI=1S/C18H34N2O8/c1-4-26-18(25)17(19)7-5-6-8-20(9-15(23)11-27-13(2)21)10-16(24)12-28-14(3)22/h15-17,23-24H,4-12,19H2,1-3H3. The number of nitrogens with two attached hydrogens (primary N) is 1. The van der Waals surface area contributed by atoms with Crippen LogP contribution in [0.3, 0.4) is 0 Å². The van der Waals surface area contributed by atoms with Gasteiger partial charge in [-0.15, -0.1) is 0 Å². The quantitative estimate of drug-likeness (QED) is 0.179. The van der Waals surface area contributed by atoms with Crippen LogP contribution in [0.1, 0.15) is 40.0 Å². The molecule has 164 valence electrons. The Bertz CT molecular complexity index is 449. The summed E-state index contributed by atoms with van der Waals surface area (Å²) in [6.07, 6.45) is -0.0821. The topological polar surface area (TPSA) is 149 Å². The number of rotatable bonds is 15. The van der Waals surface area contributed by atoms with Gasteiger partial charge in [0.05, 0.1) is 6.61 Å². The molecule has 3 atom stereocenters. The van der Waals surface area contributed by atoms with Crippen LogP contribution in [0.4, 0.5) is 0 Å². The summed E-state index contributed by atoms with van der Waals surface area (Å²) in [6.45, 7) is 5.01. The fourth-order valence-corrected chi connectivity index (χ4v) is 2.45. The SMILES string of the molecule is CCOC(=O)C(N)CCCCN(CC(O)COC(C)=O)CC(O)COC(C)=O. The van der Waals surface area contributed by atoms with E-state index < -0.39 is 36.2 Å². The van der Waals surface area contributed by atoms with Crippen molar-refractivity contribution in [2.24, 2.45) is 5.73 Å². The van der Waals surface area contributed by atoms with Crippen molar-refractivity contribution in [3.63, 3.8) is 0 Å². The third-order valence-corrected chi connectivity index (χ3v) is 3.72. The smallest absolute Gasteiger partial charge is 0.322 e. The van der Waals surface area contributed by atoms with Gasteiger partial charge in [-0.2, -0.15) is 0 Å². The zero-order valence-corrected chi connectivity index (χ0v) is 17.0. The zero-order chi connectivity index (χ0) is 21.5. The summed E-state index contributed by atoms with van der Waals surface area (Å²) >= 11 is 0. The first kappa shape index (κ1) is 26.2. The van der Waals surface area contributed by atoms with E-state index in [1.54, 1.807) is 11.8 Å². The minimum atomic E-state index is -0.924. The van der Waals surface area contributed by atoms with Gasteiger partial charge in [0, 0.05) is 26.9 Å². The second kappa shape index (κ2) is 15.2. The number of hydrogen-bond donors (Lipinski definition) is 3. The number of carbonyl (C=O) groups excluding carboxylic acids is 3. The van der Waals surface area contributed by atoms with Gasteiger partial charge >= 0.3 is 17.9 Å². The molecule has 10 heteroatoms. The summed E-state index contributed by atoms with van der Waals surface area (Å²) in [7, 11) is 0. The highest BCUT2D eigenvalue weighted by atomic mass is 16.5. The van der Waals surface area contributed by atoms with E-state index in [9.17, 15) is 24.6 Å². The first-order valence-corrected chi connectivity index (χ1v) is 9.43. The number of carbonyl (C=O) groups is 3. The first-order valence-electron chi connectivity index (χ1n) is 9.43. The molecule has 0 rings (SSSR count). The maximum absolute atomic E-state index is 11.5. The Morgan fingerprint density at radius 3 is 1.86 bits per heavy atom. The fourth-order valence-electron chi connectivity index (χ4n) is 2.45. The number of hydrogen-bond acceptors (Lipinski definition) is 10. The van der Waals surface area contributed by atoms with E-state index in [-0.39, 0.29) is 32.9 Å². The third kappa shape index (κ3) is 14.3. The van der Waals surface area contributed by atoms with E-state index in [2.05, 4.69) is 0 Å². The molecule has 0 amide bonds. The van der Waals surface area contributed by atoms with Crippen LogP contribution < -0.4 is 5.73 Å². The molecule has 0 spiro atoms. The number of esters is 3. The van der Waals surface area contributed by atoms with E-state index in [0.717, 1.165) is 0 Å². The second-order valence-corrected chi connectivity index (χ2v) is 6.53. The van der Waals surface area contributed by atoms with Crippen molar-refractivity contribution in [2.45, 2.75) is 58.3 Å². The molecular weight excluding hydrogens is 372 g/mol. The van der Waals surface area contributed by atoms with Gasteiger partial charge in [-0.1, -0.05) is 6.42 Å². The molecule has 0 aromatic carbocycles. The van der Waals surface area contributed by atoms with Gasteiger partial charge in [0.1, 0.15) is 31.5 Å². The molecule has 0 radical (unpaired) electrons. The molecule has 0 saturated carbocycles. The average molecular weight is 406 g/mol. The number of aliphatic hydroxyl groups excluding tert-OH is 2. The number of aliphatic hydroxyl groups is 2. The second-order valence-electron chi connectivity index (χ2n) is 6.53. The summed E-state index contributed by atoms with van der Waals surface area (Å²) in [5.74, 6) is -1.42. The van der Waals surface area contributed by atoms with Crippen molar-refractivity contribution in [1.29, 1.82) is 0 Å². The van der Waals surface area contributed by atoms with E-state index in [0.29, 0.717) is 25.8 Å². The van der Waals surface area contributed by atoms with Gasteiger partial charge < -0.3 is 30.2 Å². The maximum Gasteiger partial charge on any atom is 0.322 e. The Kier molecular flexibility index (Phi) is 14.3. The van der Waals surface area contributed by atoms with Gasteiger partial charge in [-0.25, -0.2) is 0 Å². The molecule has 0 aromatic heterocycles. The van der Waals surface area contributed by atoms with Crippen LogP contribution in [0.25, 0.3) is 0 Å². The molecule has 0 aromatic rings. The van der Waals surface area contributed by atoms with Gasteiger partial charge in [0.2, 0.25) is 0 Å². The molecular formula is C18H34N2O8. The van der Waals surface area contributed by atoms with E-state index in [1.165, 1.54) is 13.8 Å². The zero-order valence-electron chi connectivity index (χ0n) is 17.0. The highest BCUT2D eigenvalue weighted by Gasteiger charge is 2.18. The molecule has 0 fully saturated rings. The largest absolute Gasteiger partial charge is 0.465 e. The summed E-state index contributed by atoms with van der Waals surface area (Å²) in [4.78, 5) is 35.0. The number of unbranched alkanes of at least 4 members (excludes halogenated alkanes) is 1. The molecule has 0 aliphatic heterocycles. The minimum Gasteiger partial charge on any atom is -0.465 e.